The molecule has 0 saturated heterocycles. The molecule has 20 heavy (non-hydrogen) atoms. The minimum absolute atomic E-state index is 0.0230. The van der Waals surface area contributed by atoms with Gasteiger partial charge in [-0.05, 0) is 37.1 Å². The fraction of sp³-hybridized carbons (Fsp3) is 0.188. The summed E-state index contributed by atoms with van der Waals surface area (Å²) in [6.07, 6.45) is 0. The minimum Gasteiger partial charge on any atom is -0.398 e. The van der Waals surface area contributed by atoms with Gasteiger partial charge in [0.15, 0.2) is 0 Å². The summed E-state index contributed by atoms with van der Waals surface area (Å²) in [5.41, 5.74) is 9.69. The van der Waals surface area contributed by atoms with Crippen molar-refractivity contribution in [3.8, 4) is 0 Å². The third-order valence-electron chi connectivity index (χ3n) is 3.06. The Bertz CT molecular complexity index is 626. The van der Waals surface area contributed by atoms with Gasteiger partial charge in [0.05, 0.1) is 5.75 Å². The molecule has 0 spiro atoms. The Morgan fingerprint density at radius 2 is 1.80 bits per heavy atom. The lowest BCUT2D eigenvalue weighted by Crippen LogP contribution is -2.14. The molecule has 0 radical (unpaired) electrons. The molecule has 2 rings (SSSR count). The Morgan fingerprint density at radius 3 is 2.55 bits per heavy atom. The number of nitrogens with two attached hydrogens (primary N) is 1. The maximum Gasteiger partial charge on any atom is 0.234 e. The van der Waals surface area contributed by atoms with E-state index in [1.807, 2.05) is 56.3 Å². The minimum atomic E-state index is -0.0230. The van der Waals surface area contributed by atoms with E-state index in [1.54, 1.807) is 0 Å². The van der Waals surface area contributed by atoms with E-state index in [2.05, 4.69) is 5.32 Å². The molecule has 0 aliphatic rings. The van der Waals surface area contributed by atoms with Crippen LogP contribution in [0.3, 0.4) is 0 Å². The number of hydrogen-bond donors (Lipinski definition) is 2. The van der Waals surface area contributed by atoms with Crippen LogP contribution in [0.2, 0.25) is 0 Å². The van der Waals surface area contributed by atoms with E-state index in [-0.39, 0.29) is 5.91 Å². The molecule has 104 valence electrons. The van der Waals surface area contributed by atoms with Crippen LogP contribution in [0.1, 0.15) is 11.1 Å². The predicted molar refractivity (Wildman–Crippen MR) is 86.1 cm³/mol. The fourth-order valence-electron chi connectivity index (χ4n) is 1.82. The summed E-state index contributed by atoms with van der Waals surface area (Å²) >= 11 is 1.46. The normalized spacial score (nSPS) is 10.3. The molecular weight excluding hydrogens is 268 g/mol. The standard InChI is InChI=1S/C16H18N2OS/c1-11-6-3-4-8-13(11)18-15(19)10-20-14-9-5-7-12(2)16(14)17/h3-9H,10,17H2,1-2H3,(H,18,19). The van der Waals surface area contributed by atoms with E-state index in [0.29, 0.717) is 5.75 Å². The highest BCUT2D eigenvalue weighted by Gasteiger charge is 2.07. The summed E-state index contributed by atoms with van der Waals surface area (Å²) in [6.45, 7) is 3.94. The zero-order valence-electron chi connectivity index (χ0n) is 11.6. The number of aryl methyl sites for hydroxylation is 2. The molecular formula is C16H18N2OS. The molecule has 0 aliphatic carbocycles. The summed E-state index contributed by atoms with van der Waals surface area (Å²) in [6, 6.07) is 13.6. The van der Waals surface area contributed by atoms with Gasteiger partial charge in [-0.3, -0.25) is 4.79 Å². The third-order valence-corrected chi connectivity index (χ3v) is 4.14. The molecule has 3 nitrogen and oxygen atoms in total. The largest absolute Gasteiger partial charge is 0.398 e. The number of carbonyl (C=O) groups is 1. The number of anilines is 2. The molecule has 0 heterocycles. The molecule has 0 fully saturated rings. The highest BCUT2D eigenvalue weighted by Crippen LogP contribution is 2.27. The first kappa shape index (κ1) is 14.5. The zero-order valence-corrected chi connectivity index (χ0v) is 12.5. The molecule has 0 bridgehead atoms. The molecule has 0 atom stereocenters. The SMILES string of the molecule is Cc1ccccc1NC(=O)CSc1cccc(C)c1N. The molecule has 0 saturated carbocycles. The van der Waals surface area contributed by atoms with E-state index >= 15 is 0 Å². The van der Waals surface area contributed by atoms with Crippen molar-refractivity contribution in [1.29, 1.82) is 0 Å². The zero-order chi connectivity index (χ0) is 14.5. The Hall–Kier alpha value is -1.94. The van der Waals surface area contributed by atoms with E-state index in [0.717, 1.165) is 27.4 Å². The topological polar surface area (TPSA) is 55.1 Å². The molecule has 2 aromatic rings. The number of benzene rings is 2. The lowest BCUT2D eigenvalue weighted by atomic mass is 10.2. The van der Waals surface area contributed by atoms with Gasteiger partial charge < -0.3 is 11.1 Å². The Labute approximate surface area is 123 Å². The van der Waals surface area contributed by atoms with E-state index in [4.69, 9.17) is 5.73 Å². The monoisotopic (exact) mass is 286 g/mol. The van der Waals surface area contributed by atoms with Crippen LogP contribution < -0.4 is 11.1 Å². The number of para-hydroxylation sites is 2. The van der Waals surface area contributed by atoms with Crippen molar-refractivity contribution in [2.45, 2.75) is 18.7 Å². The van der Waals surface area contributed by atoms with Crippen LogP contribution in [0.4, 0.5) is 11.4 Å². The average Bonchev–Trinajstić information content (AvgIpc) is 2.43. The quantitative estimate of drug-likeness (QED) is 0.667. The predicted octanol–water partition coefficient (Wildman–Crippen LogP) is 3.62. The number of amides is 1. The van der Waals surface area contributed by atoms with Crippen molar-refractivity contribution in [3.05, 3.63) is 53.6 Å². The van der Waals surface area contributed by atoms with Crippen LogP contribution in [-0.2, 0) is 4.79 Å². The van der Waals surface area contributed by atoms with Crippen molar-refractivity contribution < 1.29 is 4.79 Å². The lowest BCUT2D eigenvalue weighted by molar-refractivity contribution is -0.113. The molecule has 0 unspecified atom stereocenters. The van der Waals surface area contributed by atoms with Crippen molar-refractivity contribution in [3.63, 3.8) is 0 Å². The van der Waals surface area contributed by atoms with Crippen LogP contribution in [0.15, 0.2) is 47.4 Å². The van der Waals surface area contributed by atoms with Gasteiger partial charge in [0, 0.05) is 16.3 Å². The maximum absolute atomic E-state index is 12.0. The summed E-state index contributed by atoms with van der Waals surface area (Å²) in [7, 11) is 0. The second-order valence-corrected chi connectivity index (χ2v) is 5.66. The van der Waals surface area contributed by atoms with Gasteiger partial charge in [-0.25, -0.2) is 0 Å². The van der Waals surface area contributed by atoms with Gasteiger partial charge >= 0.3 is 0 Å². The van der Waals surface area contributed by atoms with Crippen molar-refractivity contribution in [2.24, 2.45) is 0 Å². The van der Waals surface area contributed by atoms with E-state index < -0.39 is 0 Å². The van der Waals surface area contributed by atoms with Gasteiger partial charge in [-0.15, -0.1) is 11.8 Å². The number of carbonyl (C=O) groups excluding carboxylic acids is 1. The Balaban J connectivity index is 1.96. The van der Waals surface area contributed by atoms with Crippen LogP contribution in [0.25, 0.3) is 0 Å². The summed E-state index contributed by atoms with van der Waals surface area (Å²) < 4.78 is 0. The lowest BCUT2D eigenvalue weighted by Gasteiger charge is -2.09. The number of nitrogens with one attached hydrogen (secondary N) is 1. The number of thioether (sulfide) groups is 1. The van der Waals surface area contributed by atoms with E-state index in [9.17, 15) is 4.79 Å². The second-order valence-electron chi connectivity index (χ2n) is 4.64. The van der Waals surface area contributed by atoms with Gasteiger partial charge in [0.1, 0.15) is 0 Å². The third kappa shape index (κ3) is 3.54. The highest BCUT2D eigenvalue weighted by molar-refractivity contribution is 8.00. The summed E-state index contributed by atoms with van der Waals surface area (Å²) in [5, 5.41) is 2.91. The van der Waals surface area contributed by atoms with Crippen LogP contribution in [0.5, 0.6) is 0 Å². The number of hydrogen-bond acceptors (Lipinski definition) is 3. The van der Waals surface area contributed by atoms with Gasteiger partial charge in [-0.2, -0.15) is 0 Å². The average molecular weight is 286 g/mol. The molecule has 0 aromatic heterocycles. The molecule has 1 amide bonds. The fourth-order valence-corrected chi connectivity index (χ4v) is 2.67. The number of nitrogen functional groups attached to an aromatic ring is 1. The summed E-state index contributed by atoms with van der Waals surface area (Å²) in [4.78, 5) is 12.9. The first-order valence-electron chi connectivity index (χ1n) is 6.41. The van der Waals surface area contributed by atoms with E-state index in [1.165, 1.54) is 11.8 Å². The maximum atomic E-state index is 12.0. The van der Waals surface area contributed by atoms with Crippen LogP contribution in [-0.4, -0.2) is 11.7 Å². The van der Waals surface area contributed by atoms with Crippen molar-refractivity contribution in [1.82, 2.24) is 0 Å². The molecule has 0 aliphatic heterocycles. The number of rotatable bonds is 4. The molecule has 4 heteroatoms. The Morgan fingerprint density at radius 1 is 1.10 bits per heavy atom. The molecule has 3 N–H and O–H groups in total. The second kappa shape index (κ2) is 6.48. The smallest absolute Gasteiger partial charge is 0.234 e. The van der Waals surface area contributed by atoms with Gasteiger partial charge in [0.2, 0.25) is 5.91 Å². The molecule has 2 aromatic carbocycles. The van der Waals surface area contributed by atoms with Crippen LogP contribution >= 0.6 is 11.8 Å². The van der Waals surface area contributed by atoms with Gasteiger partial charge in [-0.1, -0.05) is 30.3 Å². The summed E-state index contributed by atoms with van der Waals surface area (Å²) in [5.74, 6) is 0.326. The van der Waals surface area contributed by atoms with Gasteiger partial charge in [0.25, 0.3) is 0 Å². The Kier molecular flexibility index (Phi) is 4.69. The van der Waals surface area contributed by atoms with Crippen molar-refractivity contribution in [2.75, 3.05) is 16.8 Å². The highest BCUT2D eigenvalue weighted by atomic mass is 32.2. The van der Waals surface area contributed by atoms with Crippen LogP contribution in [0, 0.1) is 13.8 Å². The van der Waals surface area contributed by atoms with Crippen molar-refractivity contribution >= 4 is 29.0 Å². The first-order chi connectivity index (χ1) is 9.58. The first-order valence-corrected chi connectivity index (χ1v) is 7.40.